The fourth-order valence-corrected chi connectivity index (χ4v) is 3.15. The van der Waals surface area contributed by atoms with Gasteiger partial charge >= 0.3 is 0 Å². The highest BCUT2D eigenvalue weighted by Gasteiger charge is 2.29. The van der Waals surface area contributed by atoms with E-state index in [0.717, 1.165) is 24.4 Å². The van der Waals surface area contributed by atoms with Gasteiger partial charge in [0.15, 0.2) is 0 Å². The van der Waals surface area contributed by atoms with E-state index in [1.54, 1.807) is 13.3 Å². The molecule has 4 nitrogen and oxygen atoms in total. The number of rotatable bonds is 3. The van der Waals surface area contributed by atoms with E-state index >= 15 is 0 Å². The Morgan fingerprint density at radius 1 is 1.29 bits per heavy atom. The lowest BCUT2D eigenvalue weighted by Crippen LogP contribution is -2.31. The number of nitrogens with one attached hydrogen (secondary N) is 1. The Hall–Kier alpha value is -1.76. The summed E-state index contributed by atoms with van der Waals surface area (Å²) in [6.07, 6.45) is 6.47. The van der Waals surface area contributed by atoms with Crippen molar-refractivity contribution in [3.63, 3.8) is 0 Å². The molecule has 1 saturated carbocycles. The van der Waals surface area contributed by atoms with E-state index in [0.29, 0.717) is 22.9 Å². The lowest BCUT2D eigenvalue weighted by molar-refractivity contribution is 0.173. The maximum Gasteiger partial charge on any atom is 0.233 e. The number of hydrogen-bond donors (Lipinski definition) is 1. The van der Waals surface area contributed by atoms with E-state index in [-0.39, 0.29) is 0 Å². The Bertz CT molecular complexity index is 520. The van der Waals surface area contributed by atoms with Crippen molar-refractivity contribution in [2.24, 2.45) is 11.3 Å². The molecule has 0 unspecified atom stereocenters. The quantitative estimate of drug-likeness (QED) is 0.913. The van der Waals surface area contributed by atoms with Crippen molar-refractivity contribution < 1.29 is 4.74 Å². The highest BCUT2D eigenvalue weighted by molar-refractivity contribution is 5.61. The number of aromatic nitrogens is 1. The molecular weight excluding hydrogens is 262 g/mol. The van der Waals surface area contributed by atoms with Crippen molar-refractivity contribution >= 4 is 5.69 Å². The normalized spacial score (nSPS) is 22.4. The summed E-state index contributed by atoms with van der Waals surface area (Å²) < 4.78 is 5.15. The molecule has 0 radical (unpaired) electrons. The number of nitriles is 1. The van der Waals surface area contributed by atoms with Crippen LogP contribution in [0.2, 0.25) is 0 Å². The topological polar surface area (TPSA) is 57.9 Å². The first-order valence-corrected chi connectivity index (χ1v) is 7.65. The number of pyridine rings is 1. The van der Waals surface area contributed by atoms with Crippen LogP contribution >= 0.6 is 0 Å². The predicted octanol–water partition coefficient (Wildman–Crippen LogP) is 3.98. The molecule has 1 fully saturated rings. The smallest absolute Gasteiger partial charge is 0.233 e. The average molecular weight is 287 g/mol. The second-order valence-corrected chi connectivity index (χ2v) is 6.91. The molecule has 0 saturated heterocycles. The van der Waals surface area contributed by atoms with Crippen LogP contribution in [-0.4, -0.2) is 18.1 Å². The number of anilines is 1. The van der Waals surface area contributed by atoms with Crippen LogP contribution in [0.15, 0.2) is 12.3 Å². The number of ether oxygens (including phenoxy) is 1. The molecule has 2 rings (SSSR count). The lowest BCUT2D eigenvalue weighted by atomic mass is 9.71. The third kappa shape index (κ3) is 3.66. The van der Waals surface area contributed by atoms with Crippen molar-refractivity contribution in [2.45, 2.75) is 52.5 Å². The Morgan fingerprint density at radius 2 is 1.95 bits per heavy atom. The van der Waals surface area contributed by atoms with E-state index < -0.39 is 0 Å². The summed E-state index contributed by atoms with van der Waals surface area (Å²) >= 11 is 0. The molecule has 1 aromatic heterocycles. The van der Waals surface area contributed by atoms with Crippen molar-refractivity contribution in [3.05, 3.63) is 17.8 Å². The highest BCUT2D eigenvalue weighted by atomic mass is 16.5. The Morgan fingerprint density at radius 3 is 2.48 bits per heavy atom. The van der Waals surface area contributed by atoms with Gasteiger partial charge in [-0.1, -0.05) is 20.8 Å². The lowest BCUT2D eigenvalue weighted by Gasteiger charge is -2.37. The van der Waals surface area contributed by atoms with E-state index in [9.17, 15) is 5.26 Å². The van der Waals surface area contributed by atoms with Gasteiger partial charge in [-0.25, -0.2) is 4.98 Å². The molecule has 0 atom stereocenters. The Labute approximate surface area is 127 Å². The SMILES string of the molecule is COc1nccc(N[C@H]2CC[C@@H](C(C)(C)C)CC2)c1C#N. The van der Waals surface area contributed by atoms with Gasteiger partial charge in [0.2, 0.25) is 5.88 Å². The minimum absolute atomic E-state index is 0.392. The fraction of sp³-hybridized carbons (Fsp3) is 0.647. The number of methoxy groups -OCH3 is 1. The Kier molecular flexibility index (Phi) is 4.72. The summed E-state index contributed by atoms with van der Waals surface area (Å²) in [4.78, 5) is 4.08. The van der Waals surface area contributed by atoms with Crippen LogP contribution in [0.4, 0.5) is 5.69 Å². The molecule has 1 aromatic rings. The monoisotopic (exact) mass is 287 g/mol. The molecule has 1 heterocycles. The van der Waals surface area contributed by atoms with Gasteiger partial charge in [0.1, 0.15) is 11.6 Å². The summed E-state index contributed by atoms with van der Waals surface area (Å²) in [7, 11) is 1.54. The molecular formula is C17H25N3O. The van der Waals surface area contributed by atoms with Crippen molar-refractivity contribution in [1.82, 2.24) is 4.98 Å². The van der Waals surface area contributed by atoms with Crippen LogP contribution in [0.5, 0.6) is 5.88 Å². The first kappa shape index (κ1) is 15.6. The zero-order valence-electron chi connectivity index (χ0n) is 13.4. The highest BCUT2D eigenvalue weighted by Crippen LogP contribution is 2.38. The first-order chi connectivity index (χ1) is 9.95. The summed E-state index contributed by atoms with van der Waals surface area (Å²) in [5.74, 6) is 1.18. The molecule has 0 spiro atoms. The van der Waals surface area contributed by atoms with Crippen LogP contribution in [0.3, 0.4) is 0 Å². The predicted molar refractivity (Wildman–Crippen MR) is 84.3 cm³/mol. The van der Waals surface area contributed by atoms with E-state index in [1.807, 2.05) is 6.07 Å². The van der Waals surface area contributed by atoms with Gasteiger partial charge in [0, 0.05) is 12.2 Å². The van der Waals surface area contributed by atoms with E-state index in [2.05, 4.69) is 37.1 Å². The third-order valence-corrected chi connectivity index (χ3v) is 4.53. The van der Waals surface area contributed by atoms with Crippen molar-refractivity contribution in [3.8, 4) is 11.9 Å². The second-order valence-electron chi connectivity index (χ2n) is 6.91. The van der Waals surface area contributed by atoms with Crippen LogP contribution in [0.1, 0.15) is 52.0 Å². The molecule has 0 amide bonds. The van der Waals surface area contributed by atoms with E-state index in [4.69, 9.17) is 4.74 Å². The van der Waals surface area contributed by atoms with Crippen LogP contribution in [0.25, 0.3) is 0 Å². The second kappa shape index (κ2) is 6.34. The fourth-order valence-electron chi connectivity index (χ4n) is 3.15. The first-order valence-electron chi connectivity index (χ1n) is 7.65. The van der Waals surface area contributed by atoms with Crippen LogP contribution < -0.4 is 10.1 Å². The summed E-state index contributed by atoms with van der Waals surface area (Å²) in [6.45, 7) is 6.98. The average Bonchev–Trinajstić information content (AvgIpc) is 2.46. The molecule has 4 heteroatoms. The third-order valence-electron chi connectivity index (χ3n) is 4.53. The molecule has 1 aliphatic carbocycles. The number of hydrogen-bond acceptors (Lipinski definition) is 4. The van der Waals surface area contributed by atoms with Gasteiger partial charge in [-0.05, 0) is 43.1 Å². The van der Waals surface area contributed by atoms with Gasteiger partial charge in [-0.2, -0.15) is 5.26 Å². The molecule has 0 aliphatic heterocycles. The molecule has 1 aliphatic rings. The minimum atomic E-state index is 0.392. The van der Waals surface area contributed by atoms with Gasteiger partial charge in [-0.15, -0.1) is 0 Å². The zero-order valence-corrected chi connectivity index (χ0v) is 13.4. The van der Waals surface area contributed by atoms with Crippen molar-refractivity contribution in [2.75, 3.05) is 12.4 Å². The van der Waals surface area contributed by atoms with Crippen LogP contribution in [0, 0.1) is 22.7 Å². The Balaban J connectivity index is 2.03. The maximum absolute atomic E-state index is 9.30. The summed E-state index contributed by atoms with van der Waals surface area (Å²) in [6, 6.07) is 4.48. The molecule has 0 bridgehead atoms. The molecule has 21 heavy (non-hydrogen) atoms. The maximum atomic E-state index is 9.30. The van der Waals surface area contributed by atoms with Crippen molar-refractivity contribution in [1.29, 1.82) is 5.26 Å². The van der Waals surface area contributed by atoms with Crippen LogP contribution in [-0.2, 0) is 0 Å². The molecule has 0 aromatic carbocycles. The molecule has 1 N–H and O–H groups in total. The number of nitrogens with zero attached hydrogens (tertiary/aromatic N) is 2. The van der Waals surface area contributed by atoms with Gasteiger partial charge in [0.25, 0.3) is 0 Å². The van der Waals surface area contributed by atoms with E-state index in [1.165, 1.54) is 12.8 Å². The zero-order chi connectivity index (χ0) is 15.5. The van der Waals surface area contributed by atoms with Gasteiger partial charge in [-0.3, -0.25) is 0 Å². The van der Waals surface area contributed by atoms with Gasteiger partial charge in [0.05, 0.1) is 12.8 Å². The molecule has 114 valence electrons. The summed E-state index contributed by atoms with van der Waals surface area (Å²) in [5.41, 5.74) is 1.73. The largest absolute Gasteiger partial charge is 0.480 e. The standard InChI is InChI=1S/C17H25N3O/c1-17(2,3)12-5-7-13(8-6-12)20-15-9-10-19-16(21-4)14(15)11-18/h9-10,12-13H,5-8H2,1-4H3,(H,19,20)/t12-,13+. The summed E-state index contributed by atoms with van der Waals surface area (Å²) in [5, 5.41) is 12.8. The van der Waals surface area contributed by atoms with Gasteiger partial charge < -0.3 is 10.1 Å². The minimum Gasteiger partial charge on any atom is -0.480 e.